The molecule has 2 saturated heterocycles. The van der Waals surface area contributed by atoms with Crippen LogP contribution in [0.25, 0.3) is 11.3 Å². The highest BCUT2D eigenvalue weighted by Gasteiger charge is 2.33. The Labute approximate surface area is 202 Å². The van der Waals surface area contributed by atoms with Crippen LogP contribution in [0.3, 0.4) is 0 Å². The number of hydrogen-bond donors (Lipinski definition) is 0. The van der Waals surface area contributed by atoms with Crippen molar-refractivity contribution in [1.82, 2.24) is 14.5 Å². The van der Waals surface area contributed by atoms with Gasteiger partial charge in [-0.25, -0.2) is 4.79 Å². The zero-order valence-electron chi connectivity index (χ0n) is 18.8. The zero-order chi connectivity index (χ0) is 24.2. The van der Waals surface area contributed by atoms with Crippen LogP contribution in [0.5, 0.6) is 0 Å². The van der Waals surface area contributed by atoms with Crippen molar-refractivity contribution in [2.24, 2.45) is 0 Å². The third-order valence-corrected chi connectivity index (χ3v) is 5.71. The van der Waals surface area contributed by atoms with Crippen LogP contribution in [-0.4, -0.2) is 44.5 Å². The van der Waals surface area contributed by atoms with Gasteiger partial charge >= 0.3 is 6.09 Å². The number of halogens is 2. The summed E-state index contributed by atoms with van der Waals surface area (Å²) < 4.78 is 11.7. The molecule has 10 heteroatoms. The van der Waals surface area contributed by atoms with E-state index in [9.17, 15) is 14.4 Å². The molecule has 0 radical (unpaired) electrons. The SMILES string of the molecule is CC(C)(C)OC(=O)N1CCCCC1c1cc(-c2cccc(Cl)c2)on1.O=C1CCC(=O)N1Cl. The van der Waals surface area contributed by atoms with Gasteiger partial charge in [0.05, 0.1) is 6.04 Å². The second kappa shape index (κ2) is 10.6. The fraction of sp³-hybridized carbons (Fsp3) is 0.478. The molecule has 0 N–H and O–H groups in total. The van der Waals surface area contributed by atoms with Crippen LogP contribution >= 0.6 is 23.4 Å². The molecular weight excluding hydrogens is 469 g/mol. The van der Waals surface area contributed by atoms with E-state index in [1.807, 2.05) is 51.1 Å². The summed E-state index contributed by atoms with van der Waals surface area (Å²) in [6.07, 6.45) is 3.09. The first-order valence-corrected chi connectivity index (χ1v) is 11.5. The minimum absolute atomic E-state index is 0.125. The normalized spacial score (nSPS) is 18.8. The van der Waals surface area contributed by atoms with Gasteiger partial charge in [0.25, 0.3) is 0 Å². The molecule has 2 aliphatic rings. The van der Waals surface area contributed by atoms with Crippen LogP contribution in [0.15, 0.2) is 34.9 Å². The van der Waals surface area contributed by atoms with Crippen molar-refractivity contribution in [3.05, 3.63) is 41.0 Å². The first kappa shape index (κ1) is 25.1. The lowest BCUT2D eigenvalue weighted by Crippen LogP contribution is -2.42. The number of imide groups is 1. The fourth-order valence-corrected chi connectivity index (χ4v) is 3.91. The molecule has 2 aromatic rings. The third-order valence-electron chi connectivity index (χ3n) is 5.10. The zero-order valence-corrected chi connectivity index (χ0v) is 20.4. The van der Waals surface area contributed by atoms with E-state index in [0.29, 0.717) is 21.7 Å². The lowest BCUT2D eigenvalue weighted by atomic mass is 9.99. The summed E-state index contributed by atoms with van der Waals surface area (Å²) >= 11 is 11.2. The van der Waals surface area contributed by atoms with E-state index in [1.165, 1.54) is 0 Å². The van der Waals surface area contributed by atoms with Crippen molar-refractivity contribution in [1.29, 1.82) is 0 Å². The number of aromatic nitrogens is 1. The van der Waals surface area contributed by atoms with Gasteiger partial charge in [0.1, 0.15) is 11.3 Å². The summed E-state index contributed by atoms with van der Waals surface area (Å²) in [6.45, 7) is 6.28. The summed E-state index contributed by atoms with van der Waals surface area (Å²) in [6, 6.07) is 9.20. The molecule has 8 nitrogen and oxygen atoms in total. The summed E-state index contributed by atoms with van der Waals surface area (Å²) in [5.74, 6) is 0.0561. The number of likely N-dealkylation sites (tertiary alicyclic amines) is 1. The molecule has 0 spiro atoms. The topological polar surface area (TPSA) is 93.0 Å². The van der Waals surface area contributed by atoms with E-state index in [-0.39, 0.29) is 36.8 Å². The number of nitrogens with zero attached hydrogens (tertiary/aromatic N) is 3. The van der Waals surface area contributed by atoms with E-state index in [1.54, 1.807) is 4.90 Å². The van der Waals surface area contributed by atoms with E-state index >= 15 is 0 Å². The standard InChI is InChI=1S/C19H23ClN2O3.C4H4ClNO2/c1-19(2,3)24-18(23)22-10-5-4-9-16(22)15-12-17(25-21-15)13-7-6-8-14(20)11-13;5-6-3(7)1-2-4(6)8/h6-8,11-12,16H,4-5,9-10H2,1-3H3;1-2H2. The maximum Gasteiger partial charge on any atom is 0.410 e. The van der Waals surface area contributed by atoms with Gasteiger partial charge in [0, 0.05) is 47.8 Å². The summed E-state index contributed by atoms with van der Waals surface area (Å²) in [4.78, 5) is 35.0. The predicted molar refractivity (Wildman–Crippen MR) is 123 cm³/mol. The molecule has 1 unspecified atom stereocenters. The van der Waals surface area contributed by atoms with Gasteiger partial charge in [-0.2, -0.15) is 4.42 Å². The Morgan fingerprint density at radius 1 is 1.15 bits per heavy atom. The Morgan fingerprint density at radius 3 is 2.42 bits per heavy atom. The molecule has 33 heavy (non-hydrogen) atoms. The van der Waals surface area contributed by atoms with Gasteiger partial charge in [0.15, 0.2) is 5.76 Å². The molecular formula is C23H27Cl2N3O5. The van der Waals surface area contributed by atoms with Crippen LogP contribution in [0.2, 0.25) is 5.02 Å². The predicted octanol–water partition coefficient (Wildman–Crippen LogP) is 5.75. The molecule has 178 valence electrons. The van der Waals surface area contributed by atoms with E-state index in [0.717, 1.165) is 30.5 Å². The van der Waals surface area contributed by atoms with E-state index < -0.39 is 5.60 Å². The van der Waals surface area contributed by atoms with Gasteiger partial charge < -0.3 is 9.26 Å². The Kier molecular flexibility index (Phi) is 8.02. The third kappa shape index (κ3) is 6.71. The molecule has 3 heterocycles. The number of carbonyl (C=O) groups excluding carboxylic acids is 3. The molecule has 1 aromatic carbocycles. The van der Waals surface area contributed by atoms with Crippen LogP contribution in [0.1, 0.15) is 64.6 Å². The molecule has 2 aliphatic heterocycles. The molecule has 4 rings (SSSR count). The van der Waals surface area contributed by atoms with Gasteiger partial charge in [0.2, 0.25) is 11.8 Å². The highest BCUT2D eigenvalue weighted by molar-refractivity contribution is 6.32. The maximum atomic E-state index is 12.5. The second-order valence-electron chi connectivity index (χ2n) is 8.88. The number of amides is 3. The number of benzene rings is 1. The highest BCUT2D eigenvalue weighted by Crippen LogP contribution is 2.34. The van der Waals surface area contributed by atoms with Crippen molar-refractivity contribution in [2.75, 3.05) is 6.54 Å². The molecule has 0 bridgehead atoms. The van der Waals surface area contributed by atoms with Gasteiger partial charge in [-0.15, -0.1) is 0 Å². The largest absolute Gasteiger partial charge is 0.444 e. The Morgan fingerprint density at radius 2 is 1.85 bits per heavy atom. The maximum absolute atomic E-state index is 12.5. The quantitative estimate of drug-likeness (QED) is 0.389. The second-order valence-corrected chi connectivity index (χ2v) is 9.65. The first-order valence-electron chi connectivity index (χ1n) is 10.8. The molecule has 2 fully saturated rings. The first-order chi connectivity index (χ1) is 15.5. The number of carbonyl (C=O) groups is 3. The minimum Gasteiger partial charge on any atom is -0.444 e. The monoisotopic (exact) mass is 495 g/mol. The van der Waals surface area contributed by atoms with Crippen LogP contribution < -0.4 is 0 Å². The van der Waals surface area contributed by atoms with Gasteiger partial charge in [-0.05, 0) is 52.2 Å². The van der Waals surface area contributed by atoms with Crippen molar-refractivity contribution in [3.8, 4) is 11.3 Å². The Bertz CT molecular complexity index is 1000. The van der Waals surface area contributed by atoms with Crippen molar-refractivity contribution in [2.45, 2.75) is 64.5 Å². The molecule has 3 amide bonds. The van der Waals surface area contributed by atoms with Crippen LogP contribution in [0.4, 0.5) is 4.79 Å². The lowest BCUT2D eigenvalue weighted by Gasteiger charge is -2.35. The number of ether oxygens (including phenoxy) is 1. The molecule has 1 atom stereocenters. The fourth-order valence-electron chi connectivity index (χ4n) is 3.55. The minimum atomic E-state index is -0.519. The molecule has 0 aliphatic carbocycles. The van der Waals surface area contributed by atoms with Gasteiger partial charge in [-0.1, -0.05) is 28.9 Å². The Hall–Kier alpha value is -2.58. The van der Waals surface area contributed by atoms with E-state index in [4.69, 9.17) is 32.6 Å². The smallest absolute Gasteiger partial charge is 0.410 e. The summed E-state index contributed by atoms with van der Waals surface area (Å²) in [5.41, 5.74) is 1.10. The number of rotatable bonds is 2. The number of piperidine rings is 1. The summed E-state index contributed by atoms with van der Waals surface area (Å²) in [5, 5.41) is 4.85. The van der Waals surface area contributed by atoms with Crippen LogP contribution in [-0.2, 0) is 14.3 Å². The molecule has 0 saturated carbocycles. The average molecular weight is 496 g/mol. The Balaban J connectivity index is 0.000000323. The average Bonchev–Trinajstić information content (AvgIpc) is 3.36. The number of hydrogen-bond acceptors (Lipinski definition) is 6. The van der Waals surface area contributed by atoms with Gasteiger partial charge in [-0.3, -0.25) is 14.5 Å². The van der Waals surface area contributed by atoms with Crippen molar-refractivity contribution < 1.29 is 23.6 Å². The van der Waals surface area contributed by atoms with E-state index in [2.05, 4.69) is 5.16 Å². The van der Waals surface area contributed by atoms with Crippen molar-refractivity contribution in [3.63, 3.8) is 0 Å². The molecule has 1 aromatic heterocycles. The highest BCUT2D eigenvalue weighted by atomic mass is 35.5. The van der Waals surface area contributed by atoms with Crippen LogP contribution in [0, 0.1) is 0 Å². The van der Waals surface area contributed by atoms with Crippen molar-refractivity contribution >= 4 is 41.3 Å². The summed E-state index contributed by atoms with van der Waals surface area (Å²) in [7, 11) is 0. The lowest BCUT2D eigenvalue weighted by molar-refractivity contribution is -0.132.